The molecule has 0 aliphatic rings. The van der Waals surface area contributed by atoms with Gasteiger partial charge in [-0.25, -0.2) is 16.8 Å². The average Bonchev–Trinajstić information content (AvgIpc) is 2.37. The molecule has 1 N–H and O–H groups in total. The molecule has 0 aliphatic heterocycles. The van der Waals surface area contributed by atoms with E-state index in [1.165, 1.54) is 11.8 Å². The lowest BCUT2D eigenvalue weighted by atomic mass is 10.6. The topological polar surface area (TPSA) is 156 Å². The molecule has 0 atom stereocenters. The van der Waals surface area contributed by atoms with E-state index in [0.717, 1.165) is 11.8 Å². The fourth-order valence-corrected chi connectivity index (χ4v) is 4.59. The normalized spacial score (nSPS) is 12.4. The number of aromatic nitrogens is 3. The molecule has 0 aromatic carbocycles. The number of nitrogens with zero attached hydrogens (tertiary/aromatic N) is 2. The summed E-state index contributed by atoms with van der Waals surface area (Å²) in [5.41, 5.74) is 0. The molecule has 1 rings (SSSR count). The minimum Gasteiger partial charge on any atom is -0.748 e. The zero-order valence-electron chi connectivity index (χ0n) is 11.6. The van der Waals surface area contributed by atoms with E-state index >= 15 is 0 Å². The van der Waals surface area contributed by atoms with Crippen LogP contribution in [0.3, 0.4) is 0 Å². The van der Waals surface area contributed by atoms with Gasteiger partial charge >= 0.3 is 0 Å². The zero-order valence-corrected chi connectivity index (χ0v) is 15.7. The number of H-pyrrole nitrogens is 1. The fraction of sp³-hybridized carbons (Fsp3) is 0.667. The van der Waals surface area contributed by atoms with Crippen molar-refractivity contribution in [2.45, 2.75) is 23.2 Å². The Morgan fingerprint density at radius 2 is 1.48 bits per heavy atom. The van der Waals surface area contributed by atoms with Crippen LogP contribution in [-0.4, -0.2) is 63.9 Å². The zero-order chi connectivity index (χ0) is 17.5. The van der Waals surface area contributed by atoms with Gasteiger partial charge in [-0.05, 0) is 25.1 Å². The number of hydrogen-bond donors (Lipinski definition) is 1. The second-order valence-corrected chi connectivity index (χ2v) is 9.75. The van der Waals surface area contributed by atoms with Gasteiger partial charge in [0.25, 0.3) is 0 Å². The maximum atomic E-state index is 10.5. The molecule has 0 radical (unpaired) electrons. The quantitative estimate of drug-likeness (QED) is 0.245. The predicted molar refractivity (Wildman–Crippen MR) is 87.0 cm³/mol. The number of hydrogen-bond acceptors (Lipinski definition) is 11. The summed E-state index contributed by atoms with van der Waals surface area (Å²) in [7, 11) is -8.46. The van der Waals surface area contributed by atoms with Gasteiger partial charge in [0.05, 0.1) is 20.2 Å². The van der Waals surface area contributed by atoms with Gasteiger partial charge in [0, 0.05) is 23.0 Å². The molecule has 0 unspecified atom stereocenters. The lowest BCUT2D eigenvalue weighted by Gasteiger charge is -2.07. The third kappa shape index (κ3) is 11.0. The van der Waals surface area contributed by atoms with Crippen molar-refractivity contribution in [1.29, 1.82) is 0 Å². The minimum atomic E-state index is -4.23. The van der Waals surface area contributed by atoms with E-state index in [4.69, 9.17) is 12.2 Å². The van der Waals surface area contributed by atoms with Crippen molar-refractivity contribution in [3.8, 4) is 0 Å². The van der Waals surface area contributed by atoms with Gasteiger partial charge in [-0.1, -0.05) is 23.5 Å². The van der Waals surface area contributed by atoms with Crippen LogP contribution in [0.15, 0.2) is 10.3 Å². The van der Waals surface area contributed by atoms with Crippen LogP contribution in [0.2, 0.25) is 0 Å². The first-order valence-electron chi connectivity index (χ1n) is 6.16. The summed E-state index contributed by atoms with van der Waals surface area (Å²) in [6, 6.07) is 0. The van der Waals surface area contributed by atoms with Crippen LogP contribution in [0, 0.1) is 4.77 Å². The van der Waals surface area contributed by atoms with Gasteiger partial charge in [0.2, 0.25) is 4.77 Å². The number of aromatic amines is 1. The first-order valence-corrected chi connectivity index (χ1v) is 11.7. The van der Waals surface area contributed by atoms with Crippen LogP contribution >= 0.6 is 35.7 Å². The molecule has 0 aliphatic carbocycles. The van der Waals surface area contributed by atoms with Crippen LogP contribution in [0.4, 0.5) is 0 Å². The maximum Gasteiger partial charge on any atom is 0.201 e. The molecule has 0 bridgehead atoms. The molecule has 1 aromatic rings. The van der Waals surface area contributed by atoms with Crippen molar-refractivity contribution in [3.05, 3.63) is 4.77 Å². The van der Waals surface area contributed by atoms with E-state index in [1.54, 1.807) is 0 Å². The Morgan fingerprint density at radius 1 is 0.957 bits per heavy atom. The molecule has 1 heterocycles. The summed E-state index contributed by atoms with van der Waals surface area (Å²) < 4.78 is 63.1. The predicted octanol–water partition coefficient (Wildman–Crippen LogP) is 0.589. The first-order chi connectivity index (χ1) is 10.6. The van der Waals surface area contributed by atoms with Gasteiger partial charge in [-0.2, -0.15) is 9.97 Å². The molecule has 1 aromatic heterocycles. The van der Waals surface area contributed by atoms with Crippen molar-refractivity contribution < 1.29 is 25.9 Å². The molecule has 9 nitrogen and oxygen atoms in total. The molecule has 0 saturated carbocycles. The van der Waals surface area contributed by atoms with E-state index < -0.39 is 31.7 Å². The number of rotatable bonds is 10. The van der Waals surface area contributed by atoms with Gasteiger partial charge < -0.3 is 14.1 Å². The van der Waals surface area contributed by atoms with Crippen LogP contribution < -0.4 is 0 Å². The summed E-state index contributed by atoms with van der Waals surface area (Å²) in [6.45, 7) is 0. The highest BCUT2D eigenvalue weighted by molar-refractivity contribution is 7.99. The van der Waals surface area contributed by atoms with Crippen molar-refractivity contribution in [2.24, 2.45) is 0 Å². The summed E-state index contributed by atoms with van der Waals surface area (Å²) in [6.07, 6.45) is 0.361. The third-order valence-electron chi connectivity index (χ3n) is 2.16. The Labute approximate surface area is 147 Å². The van der Waals surface area contributed by atoms with E-state index in [-0.39, 0.29) is 17.6 Å². The van der Waals surface area contributed by atoms with E-state index in [1.807, 2.05) is 0 Å². The highest BCUT2D eigenvalue weighted by Crippen LogP contribution is 2.19. The Bertz CT molecular complexity index is 714. The standard InChI is InChI=1S/C9H15N3O6S5/c13-22(14,15)5-1-3-20-8-10-7(19)11-9(12-8)21-4-2-6-23(16,17)18/h1-6H2,(H,13,14,15)(H,16,17,18)(H,10,11,12,19)/p-2. The molecule has 0 spiro atoms. The lowest BCUT2D eigenvalue weighted by molar-refractivity contribution is 0.460. The molecule has 14 heteroatoms. The van der Waals surface area contributed by atoms with Crippen molar-refractivity contribution in [1.82, 2.24) is 15.0 Å². The molecular formula is C9H13N3O6S5-2. The Morgan fingerprint density at radius 3 is 2.00 bits per heavy atom. The van der Waals surface area contributed by atoms with Crippen LogP contribution in [0.25, 0.3) is 0 Å². The molecule has 132 valence electrons. The molecule has 0 saturated heterocycles. The van der Waals surface area contributed by atoms with Gasteiger partial charge in [-0.3, -0.25) is 0 Å². The Hall–Kier alpha value is -0.250. The summed E-state index contributed by atoms with van der Waals surface area (Å²) >= 11 is 7.30. The van der Waals surface area contributed by atoms with Crippen molar-refractivity contribution in [2.75, 3.05) is 23.0 Å². The van der Waals surface area contributed by atoms with E-state index in [9.17, 15) is 25.9 Å². The molecule has 0 fully saturated rings. The van der Waals surface area contributed by atoms with Gasteiger partial charge in [0.15, 0.2) is 10.3 Å². The summed E-state index contributed by atoms with van der Waals surface area (Å²) in [4.78, 5) is 10.8. The van der Waals surface area contributed by atoms with Gasteiger partial charge in [-0.15, -0.1) is 0 Å². The van der Waals surface area contributed by atoms with Gasteiger partial charge in [0.1, 0.15) is 0 Å². The second kappa shape index (κ2) is 9.29. The highest BCUT2D eigenvalue weighted by Gasteiger charge is 2.05. The largest absolute Gasteiger partial charge is 0.748 e. The molecular weight excluding hydrogens is 406 g/mol. The maximum absolute atomic E-state index is 10.5. The number of thioether (sulfide) groups is 2. The SMILES string of the molecule is O=S(=O)([O-])CCCSc1nc(SCCCS(=O)(=O)[O-])[nH]c(=S)n1. The van der Waals surface area contributed by atoms with Crippen LogP contribution in [0.5, 0.6) is 0 Å². The average molecular weight is 420 g/mol. The molecule has 23 heavy (non-hydrogen) atoms. The third-order valence-corrected chi connectivity index (χ3v) is 5.82. The Kier molecular flexibility index (Phi) is 8.40. The summed E-state index contributed by atoms with van der Waals surface area (Å²) in [5.74, 6) is -0.191. The first kappa shape index (κ1) is 20.8. The minimum absolute atomic E-state index is 0.176. The van der Waals surface area contributed by atoms with E-state index in [0.29, 0.717) is 21.8 Å². The van der Waals surface area contributed by atoms with Crippen LogP contribution in [0.1, 0.15) is 12.8 Å². The second-order valence-electron chi connectivity index (χ2n) is 4.17. The number of nitrogens with one attached hydrogen (secondary N) is 1. The van der Waals surface area contributed by atoms with E-state index in [2.05, 4.69) is 15.0 Å². The fourth-order valence-electron chi connectivity index (χ4n) is 1.28. The smallest absolute Gasteiger partial charge is 0.201 e. The van der Waals surface area contributed by atoms with Crippen molar-refractivity contribution in [3.63, 3.8) is 0 Å². The lowest BCUT2D eigenvalue weighted by Crippen LogP contribution is -2.06. The molecule has 0 amide bonds. The Balaban J connectivity index is 2.50. The monoisotopic (exact) mass is 419 g/mol. The highest BCUT2D eigenvalue weighted by atomic mass is 32.2. The van der Waals surface area contributed by atoms with Crippen LogP contribution in [-0.2, 0) is 20.2 Å². The van der Waals surface area contributed by atoms with Crippen molar-refractivity contribution >= 4 is 56.0 Å². The summed E-state index contributed by atoms with van der Waals surface area (Å²) in [5, 5.41) is 0.753.